The van der Waals surface area contributed by atoms with Crippen molar-refractivity contribution in [2.45, 2.75) is 56.8 Å². The molecule has 2 saturated heterocycles. The molecule has 0 bridgehead atoms. The molecule has 0 amide bonds. The minimum absolute atomic E-state index is 0. The maximum absolute atomic E-state index is 12.6. The highest BCUT2D eigenvalue weighted by molar-refractivity contribution is 5.88. The van der Waals surface area contributed by atoms with E-state index in [1.54, 1.807) is 31.4 Å². The second kappa shape index (κ2) is 15.4. The summed E-state index contributed by atoms with van der Waals surface area (Å²) in [7, 11) is 7.00. The van der Waals surface area contributed by atoms with Crippen LogP contribution >= 0.6 is 12.4 Å². The highest BCUT2D eigenvalue weighted by Gasteiger charge is 2.56. The summed E-state index contributed by atoms with van der Waals surface area (Å²) in [5, 5.41) is 29.1. The highest BCUT2D eigenvalue weighted by atomic mass is 35.5. The van der Waals surface area contributed by atoms with E-state index in [1.165, 1.54) is 25.5 Å². The summed E-state index contributed by atoms with van der Waals surface area (Å²) in [5.74, 6) is 0.0576. The van der Waals surface area contributed by atoms with Gasteiger partial charge in [-0.1, -0.05) is 12.1 Å². The number of phenolic OH excluding ortho intramolecular Hbond substituents is 1. The number of methoxy groups -OCH3 is 2. The van der Waals surface area contributed by atoms with Crippen LogP contribution in [0.3, 0.4) is 0 Å². The molecule has 5 atom stereocenters. The number of aromatic hydroxyl groups is 1. The van der Waals surface area contributed by atoms with Gasteiger partial charge in [0.25, 0.3) is 0 Å². The number of halogens is 1. The fourth-order valence-electron chi connectivity index (χ4n) is 5.04. The second-order valence-electron chi connectivity index (χ2n) is 11.0. The molecule has 12 nitrogen and oxygen atoms in total. The molecule has 2 aromatic carbocycles. The van der Waals surface area contributed by atoms with Crippen molar-refractivity contribution in [3.8, 4) is 28.4 Å². The molecule has 3 N–H and O–H groups in total. The van der Waals surface area contributed by atoms with E-state index in [-0.39, 0.29) is 47.6 Å². The second-order valence-corrected chi connectivity index (χ2v) is 11.0. The Morgan fingerprint density at radius 3 is 2.36 bits per heavy atom. The first-order valence-electron chi connectivity index (χ1n) is 14.0. The monoisotopic (exact) mass is 639 g/mol. The Hall–Kier alpha value is -2.94. The number of phenols is 1. The van der Waals surface area contributed by atoms with Gasteiger partial charge in [-0.25, -0.2) is 0 Å². The minimum atomic E-state index is -1.01. The maximum Gasteiger partial charge on any atom is 0.204 e. The van der Waals surface area contributed by atoms with Crippen molar-refractivity contribution in [3.05, 3.63) is 52.9 Å². The lowest BCUT2D eigenvalue weighted by atomic mass is 10.1. The Bertz CT molecular complexity index is 1410. The smallest absolute Gasteiger partial charge is 0.204 e. The van der Waals surface area contributed by atoms with E-state index >= 15 is 0 Å². The van der Waals surface area contributed by atoms with Crippen LogP contribution in [0.4, 0.5) is 0 Å². The number of hydrogen-bond acceptors (Lipinski definition) is 12. The minimum Gasteiger partial charge on any atom is -0.504 e. The molecule has 44 heavy (non-hydrogen) atoms. The molecule has 5 unspecified atom stereocenters. The van der Waals surface area contributed by atoms with Crippen molar-refractivity contribution in [2.24, 2.45) is 0 Å². The lowest BCUT2D eigenvalue weighted by Crippen LogP contribution is -2.44. The van der Waals surface area contributed by atoms with Gasteiger partial charge in [-0.15, -0.1) is 12.4 Å². The van der Waals surface area contributed by atoms with Gasteiger partial charge in [-0.05, 0) is 70.7 Å². The van der Waals surface area contributed by atoms with Crippen molar-refractivity contribution in [1.29, 1.82) is 0 Å². The number of aliphatic hydroxyl groups is 2. The molecule has 2 aliphatic heterocycles. The molecule has 0 aliphatic carbocycles. The number of ether oxygens (including phenoxy) is 6. The van der Waals surface area contributed by atoms with Crippen LogP contribution < -0.4 is 14.9 Å². The molecule has 5 rings (SSSR count). The van der Waals surface area contributed by atoms with Gasteiger partial charge in [-0.3, -0.25) is 4.79 Å². The molecule has 2 fully saturated rings. The first kappa shape index (κ1) is 35.5. The Balaban J connectivity index is 0.000000235. The average Bonchev–Trinajstić information content (AvgIpc) is 3.47. The lowest BCUT2D eigenvalue weighted by molar-refractivity contribution is -0.231. The number of hydrogen-bond donors (Lipinski definition) is 3. The number of fused-ring (bicyclic) bond motifs is 2. The summed E-state index contributed by atoms with van der Waals surface area (Å²) in [6, 6.07) is 10.1. The molecule has 3 aromatic rings. The zero-order chi connectivity index (χ0) is 31.3. The molecule has 0 radical (unpaired) electrons. The van der Waals surface area contributed by atoms with Gasteiger partial charge >= 0.3 is 0 Å². The summed E-state index contributed by atoms with van der Waals surface area (Å²) in [6.07, 6.45) is -0.802. The predicted octanol–water partition coefficient (Wildman–Crippen LogP) is 3.16. The van der Waals surface area contributed by atoms with Gasteiger partial charge in [0.05, 0.1) is 31.8 Å². The Labute approximate surface area is 262 Å². The van der Waals surface area contributed by atoms with E-state index in [0.717, 1.165) is 18.5 Å². The van der Waals surface area contributed by atoms with Crippen LogP contribution in [0.15, 0.2) is 51.9 Å². The first-order chi connectivity index (χ1) is 20.5. The van der Waals surface area contributed by atoms with E-state index in [0.29, 0.717) is 23.3 Å². The zero-order valence-electron chi connectivity index (χ0n) is 25.7. The zero-order valence-corrected chi connectivity index (χ0v) is 26.5. The Morgan fingerprint density at radius 1 is 1.05 bits per heavy atom. The van der Waals surface area contributed by atoms with Crippen molar-refractivity contribution in [2.75, 3.05) is 48.1 Å². The van der Waals surface area contributed by atoms with E-state index in [2.05, 4.69) is 4.90 Å². The lowest BCUT2D eigenvalue weighted by Gasteiger charge is -2.28. The molecule has 1 aromatic heterocycles. The van der Waals surface area contributed by atoms with Crippen molar-refractivity contribution in [1.82, 2.24) is 4.90 Å². The SMILES string of the molecule is CN(C)CCCOC1C(C(O)CO)OC2OC(C)(C)OC21.COc1ccc(-c2coc3c(OC)c(O)ccc3c2=O)cc1.Cl. The molecule has 0 saturated carbocycles. The van der Waals surface area contributed by atoms with E-state index in [4.69, 9.17) is 37.9 Å². The van der Waals surface area contributed by atoms with Crippen LogP contribution in [0.2, 0.25) is 0 Å². The molecule has 13 heteroatoms. The van der Waals surface area contributed by atoms with Crippen LogP contribution in [0.5, 0.6) is 17.2 Å². The standard InChI is InChI=1S/C17H14O5.C14H27NO6.ClH/c1-20-11-5-3-10(4-6-11)13-9-22-16-12(15(13)19)7-8-14(18)17(16)21-2;1-14(2)20-12-11(18-7-5-6-15(3)4)10(9(17)8-16)19-13(12)21-14;/h3-9,18H,1-2H3;9-13,16-17H,5-8H2,1-4H3;1H. The van der Waals surface area contributed by atoms with Gasteiger partial charge in [0, 0.05) is 6.61 Å². The number of nitrogens with zero attached hydrogens (tertiary/aromatic N) is 1. The summed E-state index contributed by atoms with van der Waals surface area (Å²) >= 11 is 0. The van der Waals surface area contributed by atoms with Crippen LogP contribution in [-0.2, 0) is 18.9 Å². The van der Waals surface area contributed by atoms with Gasteiger partial charge in [0.2, 0.25) is 11.2 Å². The topological polar surface area (TPSA) is 150 Å². The molecule has 0 spiro atoms. The van der Waals surface area contributed by atoms with Gasteiger partial charge < -0.3 is 53.1 Å². The van der Waals surface area contributed by atoms with Gasteiger partial charge in [0.15, 0.2) is 23.4 Å². The largest absolute Gasteiger partial charge is 0.504 e. The third-order valence-corrected chi connectivity index (χ3v) is 7.13. The highest BCUT2D eigenvalue weighted by Crippen LogP contribution is 2.39. The van der Waals surface area contributed by atoms with E-state index in [1.807, 2.05) is 27.9 Å². The fraction of sp³-hybridized carbons (Fsp3) is 0.516. The summed E-state index contributed by atoms with van der Waals surface area (Å²) in [5.41, 5.74) is 1.20. The van der Waals surface area contributed by atoms with Crippen LogP contribution in [0.25, 0.3) is 22.1 Å². The van der Waals surface area contributed by atoms with Crippen molar-refractivity contribution in [3.63, 3.8) is 0 Å². The molecule has 2 aliphatic rings. The fourth-order valence-corrected chi connectivity index (χ4v) is 5.04. The molecular weight excluding hydrogens is 598 g/mol. The van der Waals surface area contributed by atoms with Gasteiger partial charge in [-0.2, -0.15) is 0 Å². The van der Waals surface area contributed by atoms with E-state index < -0.39 is 30.4 Å². The van der Waals surface area contributed by atoms with Crippen LogP contribution in [0.1, 0.15) is 20.3 Å². The number of benzene rings is 2. The predicted molar refractivity (Wildman–Crippen MR) is 165 cm³/mol. The van der Waals surface area contributed by atoms with Crippen LogP contribution in [-0.4, -0.2) is 105 Å². The van der Waals surface area contributed by atoms with E-state index in [9.17, 15) is 15.0 Å². The third kappa shape index (κ3) is 8.01. The quantitative estimate of drug-likeness (QED) is 0.280. The first-order valence-corrected chi connectivity index (χ1v) is 14.0. The Kier molecular flexibility index (Phi) is 12.4. The van der Waals surface area contributed by atoms with Crippen molar-refractivity contribution >= 4 is 23.4 Å². The third-order valence-electron chi connectivity index (χ3n) is 7.13. The number of aliphatic hydroxyl groups excluding tert-OH is 2. The Morgan fingerprint density at radius 2 is 1.75 bits per heavy atom. The summed E-state index contributed by atoms with van der Waals surface area (Å²) < 4.78 is 38.7. The van der Waals surface area contributed by atoms with Crippen molar-refractivity contribution < 1.29 is 48.2 Å². The number of rotatable bonds is 10. The van der Waals surface area contributed by atoms with Crippen LogP contribution in [0, 0.1) is 0 Å². The normalized spacial score (nSPS) is 22.6. The summed E-state index contributed by atoms with van der Waals surface area (Å²) in [6.45, 7) is 4.70. The maximum atomic E-state index is 12.6. The molecule has 3 heterocycles. The molecular formula is C31H42ClNO11. The van der Waals surface area contributed by atoms with Gasteiger partial charge in [0.1, 0.15) is 36.4 Å². The summed E-state index contributed by atoms with van der Waals surface area (Å²) in [4.78, 5) is 14.7. The average molecular weight is 640 g/mol. The molecule has 244 valence electrons.